The van der Waals surface area contributed by atoms with Crippen molar-refractivity contribution in [1.29, 1.82) is 0 Å². The number of benzene rings is 2. The number of amides is 1. The summed E-state index contributed by atoms with van der Waals surface area (Å²) in [5, 5.41) is 14.5. The Kier molecular flexibility index (Phi) is 3.34. The summed E-state index contributed by atoms with van der Waals surface area (Å²) < 4.78 is 5.36. The van der Waals surface area contributed by atoms with Crippen LogP contribution in [0.1, 0.15) is 6.92 Å². The van der Waals surface area contributed by atoms with Gasteiger partial charge in [-0.05, 0) is 23.8 Å². The van der Waals surface area contributed by atoms with E-state index in [4.69, 9.17) is 4.42 Å². The number of nitrogens with one attached hydrogen (secondary N) is 1. The number of anilines is 1. The molecule has 1 heterocycles. The molecule has 0 aliphatic heterocycles. The van der Waals surface area contributed by atoms with E-state index in [2.05, 4.69) is 5.32 Å². The van der Waals surface area contributed by atoms with Crippen LogP contribution in [0.3, 0.4) is 0 Å². The van der Waals surface area contributed by atoms with Gasteiger partial charge in [0.2, 0.25) is 5.91 Å². The van der Waals surface area contributed by atoms with Gasteiger partial charge in [-0.1, -0.05) is 30.3 Å². The summed E-state index contributed by atoms with van der Waals surface area (Å²) in [4.78, 5) is 21.9. The van der Waals surface area contributed by atoms with Crippen molar-refractivity contribution in [3.63, 3.8) is 0 Å². The first kappa shape index (κ1) is 13.8. The maximum absolute atomic E-state index is 11.3. The normalized spacial score (nSPS) is 10.6. The van der Waals surface area contributed by atoms with Crippen LogP contribution in [0, 0.1) is 10.1 Å². The number of fused-ring (bicyclic) bond motifs is 1. The lowest BCUT2D eigenvalue weighted by molar-refractivity contribution is -0.400. The summed E-state index contributed by atoms with van der Waals surface area (Å²) >= 11 is 0. The molecule has 1 aromatic heterocycles. The van der Waals surface area contributed by atoms with E-state index in [9.17, 15) is 14.9 Å². The lowest BCUT2D eigenvalue weighted by Gasteiger charge is -2.02. The predicted molar refractivity (Wildman–Crippen MR) is 82.6 cm³/mol. The predicted octanol–water partition coefficient (Wildman–Crippen LogP) is 3.97. The smallest absolute Gasteiger partial charge is 0.400 e. The van der Waals surface area contributed by atoms with Crippen LogP contribution in [-0.2, 0) is 4.79 Å². The highest BCUT2D eigenvalue weighted by molar-refractivity contribution is 6.01. The molecule has 0 aliphatic rings. The molecule has 0 bridgehead atoms. The van der Waals surface area contributed by atoms with Crippen molar-refractivity contribution >= 4 is 28.4 Å². The number of nitro groups is 1. The molecule has 0 saturated heterocycles. The highest BCUT2D eigenvalue weighted by Gasteiger charge is 2.25. The molecule has 0 spiro atoms. The lowest BCUT2D eigenvalue weighted by Crippen LogP contribution is -2.05. The Labute approximate surface area is 125 Å². The molecule has 1 N–H and O–H groups in total. The summed E-state index contributed by atoms with van der Waals surface area (Å²) in [6, 6.07) is 13.9. The molecule has 22 heavy (non-hydrogen) atoms. The molecule has 3 rings (SSSR count). The number of carbonyl (C=O) groups is 1. The molecule has 0 aliphatic carbocycles. The van der Waals surface area contributed by atoms with Crippen molar-refractivity contribution in [2.45, 2.75) is 6.92 Å². The molecule has 0 saturated carbocycles. The van der Waals surface area contributed by atoms with Gasteiger partial charge in [0.05, 0.1) is 0 Å². The average molecular weight is 296 g/mol. The Morgan fingerprint density at radius 1 is 1.18 bits per heavy atom. The van der Waals surface area contributed by atoms with E-state index in [-0.39, 0.29) is 11.8 Å². The van der Waals surface area contributed by atoms with Crippen molar-refractivity contribution in [3.05, 3.63) is 58.6 Å². The number of hydrogen-bond donors (Lipinski definition) is 1. The Balaban J connectivity index is 2.27. The second kappa shape index (κ2) is 5.33. The van der Waals surface area contributed by atoms with Gasteiger partial charge in [0.25, 0.3) is 0 Å². The van der Waals surface area contributed by atoms with Gasteiger partial charge < -0.3 is 9.73 Å². The molecule has 1 amide bonds. The largest absolute Gasteiger partial charge is 0.442 e. The van der Waals surface area contributed by atoms with Gasteiger partial charge in [0.15, 0.2) is 0 Å². The highest BCUT2D eigenvalue weighted by atomic mass is 16.6. The molecule has 2 aromatic carbocycles. The van der Waals surface area contributed by atoms with Gasteiger partial charge >= 0.3 is 5.88 Å². The van der Waals surface area contributed by atoms with E-state index in [0.29, 0.717) is 27.8 Å². The zero-order valence-electron chi connectivity index (χ0n) is 11.7. The molecular formula is C16H12N2O4. The third-order valence-corrected chi connectivity index (χ3v) is 3.22. The first-order valence-corrected chi connectivity index (χ1v) is 6.60. The third-order valence-electron chi connectivity index (χ3n) is 3.22. The summed E-state index contributed by atoms with van der Waals surface area (Å²) in [6.45, 7) is 1.40. The SMILES string of the molecule is CC(=O)Nc1ccc2oc([N+](=O)[O-])c(-c3ccccc3)c2c1. The number of hydrogen-bond acceptors (Lipinski definition) is 4. The lowest BCUT2D eigenvalue weighted by atomic mass is 10.0. The second-order valence-electron chi connectivity index (χ2n) is 4.80. The van der Waals surface area contributed by atoms with Crippen LogP contribution in [0.25, 0.3) is 22.1 Å². The Morgan fingerprint density at radius 2 is 1.91 bits per heavy atom. The van der Waals surface area contributed by atoms with Crippen LogP contribution in [0.4, 0.5) is 11.6 Å². The van der Waals surface area contributed by atoms with Crippen molar-refractivity contribution < 1.29 is 14.1 Å². The number of carbonyl (C=O) groups excluding carboxylic acids is 1. The van der Waals surface area contributed by atoms with Crippen LogP contribution in [-0.4, -0.2) is 10.8 Å². The molecule has 0 unspecified atom stereocenters. The molecule has 3 aromatic rings. The van der Waals surface area contributed by atoms with Crippen molar-refractivity contribution in [1.82, 2.24) is 0 Å². The van der Waals surface area contributed by atoms with Gasteiger partial charge in [-0.15, -0.1) is 0 Å². The molecule has 6 nitrogen and oxygen atoms in total. The van der Waals surface area contributed by atoms with Crippen LogP contribution in [0.2, 0.25) is 0 Å². The molecule has 0 atom stereocenters. The van der Waals surface area contributed by atoms with Crippen LogP contribution < -0.4 is 5.32 Å². The minimum absolute atomic E-state index is 0.210. The zero-order valence-corrected chi connectivity index (χ0v) is 11.7. The fourth-order valence-corrected chi connectivity index (χ4v) is 2.38. The van der Waals surface area contributed by atoms with Crippen molar-refractivity contribution in [3.8, 4) is 11.1 Å². The second-order valence-corrected chi connectivity index (χ2v) is 4.80. The standard InChI is InChI=1S/C16H12N2O4/c1-10(19)17-12-7-8-14-13(9-12)15(16(22-14)18(20)21)11-5-3-2-4-6-11/h2-9H,1H3,(H,17,19). The van der Waals surface area contributed by atoms with E-state index >= 15 is 0 Å². The topological polar surface area (TPSA) is 85.4 Å². The third kappa shape index (κ3) is 2.42. The first-order valence-electron chi connectivity index (χ1n) is 6.60. The minimum atomic E-state index is -0.541. The average Bonchev–Trinajstić information content (AvgIpc) is 2.86. The maximum atomic E-state index is 11.3. The zero-order chi connectivity index (χ0) is 15.7. The first-order chi connectivity index (χ1) is 10.6. The van der Waals surface area contributed by atoms with Gasteiger partial charge in [-0.3, -0.25) is 14.9 Å². The highest BCUT2D eigenvalue weighted by Crippen LogP contribution is 2.40. The van der Waals surface area contributed by atoms with E-state index in [1.54, 1.807) is 42.5 Å². The molecule has 6 heteroatoms. The van der Waals surface area contributed by atoms with Crippen molar-refractivity contribution in [2.75, 3.05) is 5.32 Å². The molecular weight excluding hydrogens is 284 g/mol. The van der Waals surface area contributed by atoms with Crippen LogP contribution in [0.15, 0.2) is 52.9 Å². The Hall–Kier alpha value is -3.15. The van der Waals surface area contributed by atoms with Crippen LogP contribution in [0.5, 0.6) is 0 Å². The van der Waals surface area contributed by atoms with Gasteiger partial charge in [-0.2, -0.15) is 0 Å². The van der Waals surface area contributed by atoms with E-state index in [1.165, 1.54) is 6.92 Å². The van der Waals surface area contributed by atoms with E-state index in [1.807, 2.05) is 6.07 Å². The van der Waals surface area contributed by atoms with E-state index in [0.717, 1.165) is 0 Å². The fourth-order valence-electron chi connectivity index (χ4n) is 2.38. The minimum Gasteiger partial charge on any atom is -0.400 e. The number of nitrogens with zero attached hydrogens (tertiary/aromatic N) is 1. The van der Waals surface area contributed by atoms with E-state index < -0.39 is 4.92 Å². The van der Waals surface area contributed by atoms with Gasteiger partial charge in [0, 0.05) is 18.0 Å². The van der Waals surface area contributed by atoms with Crippen LogP contribution >= 0.6 is 0 Å². The Morgan fingerprint density at radius 3 is 2.55 bits per heavy atom. The summed E-state index contributed by atoms with van der Waals surface area (Å²) in [5.74, 6) is -0.514. The van der Waals surface area contributed by atoms with Gasteiger partial charge in [0.1, 0.15) is 16.1 Å². The van der Waals surface area contributed by atoms with Crippen molar-refractivity contribution in [2.24, 2.45) is 0 Å². The molecule has 110 valence electrons. The Bertz CT molecular complexity index is 868. The maximum Gasteiger partial charge on any atom is 0.442 e. The van der Waals surface area contributed by atoms with Gasteiger partial charge in [-0.25, -0.2) is 0 Å². The number of rotatable bonds is 3. The summed E-state index contributed by atoms with van der Waals surface area (Å²) in [6.07, 6.45) is 0. The molecule has 0 fully saturated rings. The summed E-state index contributed by atoms with van der Waals surface area (Å²) in [5.41, 5.74) is 2.06. The fraction of sp³-hybridized carbons (Fsp3) is 0.0625. The monoisotopic (exact) mass is 296 g/mol. The number of furan rings is 1. The molecule has 0 radical (unpaired) electrons. The quantitative estimate of drug-likeness (QED) is 0.585. The summed E-state index contributed by atoms with van der Waals surface area (Å²) in [7, 11) is 0.